The molecule has 3 rings (SSSR count). The summed E-state index contributed by atoms with van der Waals surface area (Å²) in [6.45, 7) is 1.32. The Bertz CT molecular complexity index is 483. The molecule has 2 fully saturated rings. The SMILES string of the molecule is Cl.NC1(C(=O)N(Cc2ccc(F)cc2)CC2CC2)CC1. The quantitative estimate of drug-likeness (QED) is 0.908. The van der Waals surface area contributed by atoms with Gasteiger partial charge >= 0.3 is 0 Å². The average Bonchev–Trinajstić information content (AvgIpc) is 3.29. The highest BCUT2D eigenvalue weighted by atomic mass is 35.5. The van der Waals surface area contributed by atoms with E-state index in [1.165, 1.54) is 25.0 Å². The second kappa shape index (κ2) is 5.70. The summed E-state index contributed by atoms with van der Waals surface area (Å²) in [4.78, 5) is 14.2. The van der Waals surface area contributed by atoms with Gasteiger partial charge in [0.2, 0.25) is 5.91 Å². The third-order valence-electron chi connectivity index (χ3n) is 3.96. The Balaban J connectivity index is 0.00000147. The number of halogens is 2. The summed E-state index contributed by atoms with van der Waals surface area (Å²) in [5.41, 5.74) is 6.36. The van der Waals surface area contributed by atoms with Crippen molar-refractivity contribution in [1.82, 2.24) is 4.90 Å². The van der Waals surface area contributed by atoms with Gasteiger partial charge in [0.1, 0.15) is 5.82 Å². The summed E-state index contributed by atoms with van der Waals surface area (Å²) < 4.78 is 12.9. The van der Waals surface area contributed by atoms with E-state index in [0.29, 0.717) is 12.5 Å². The van der Waals surface area contributed by atoms with Crippen LogP contribution in [-0.2, 0) is 11.3 Å². The zero-order valence-corrected chi connectivity index (χ0v) is 12.2. The minimum Gasteiger partial charge on any atom is -0.336 e. The van der Waals surface area contributed by atoms with E-state index < -0.39 is 5.54 Å². The van der Waals surface area contributed by atoms with Gasteiger partial charge in [0.25, 0.3) is 0 Å². The zero-order chi connectivity index (χ0) is 13.5. The van der Waals surface area contributed by atoms with E-state index >= 15 is 0 Å². The molecule has 20 heavy (non-hydrogen) atoms. The molecule has 3 nitrogen and oxygen atoms in total. The number of amides is 1. The first-order chi connectivity index (χ1) is 9.07. The van der Waals surface area contributed by atoms with Crippen LogP contribution in [0.15, 0.2) is 24.3 Å². The highest BCUT2D eigenvalue weighted by Gasteiger charge is 2.48. The number of rotatable bonds is 5. The Morgan fingerprint density at radius 3 is 2.40 bits per heavy atom. The maximum atomic E-state index is 12.9. The predicted octanol–water partition coefficient (Wildman–Crippen LogP) is 2.48. The number of carbonyl (C=O) groups is 1. The van der Waals surface area contributed by atoms with Gasteiger partial charge in [0, 0.05) is 13.1 Å². The highest BCUT2D eigenvalue weighted by Crippen LogP contribution is 2.37. The summed E-state index contributed by atoms with van der Waals surface area (Å²) in [6, 6.07) is 6.34. The molecule has 1 aromatic rings. The van der Waals surface area contributed by atoms with E-state index in [0.717, 1.165) is 24.9 Å². The van der Waals surface area contributed by atoms with Crippen LogP contribution < -0.4 is 5.73 Å². The summed E-state index contributed by atoms with van der Waals surface area (Å²) in [5.74, 6) is 0.441. The monoisotopic (exact) mass is 298 g/mol. The van der Waals surface area contributed by atoms with Crippen LogP contribution in [0.25, 0.3) is 0 Å². The van der Waals surface area contributed by atoms with Crippen molar-refractivity contribution in [3.63, 3.8) is 0 Å². The molecule has 2 aliphatic carbocycles. The molecule has 0 saturated heterocycles. The van der Waals surface area contributed by atoms with E-state index in [4.69, 9.17) is 5.73 Å². The molecule has 0 radical (unpaired) electrons. The van der Waals surface area contributed by atoms with Gasteiger partial charge in [-0.15, -0.1) is 12.4 Å². The lowest BCUT2D eigenvalue weighted by Gasteiger charge is -2.26. The molecular formula is C15H20ClFN2O. The van der Waals surface area contributed by atoms with E-state index in [-0.39, 0.29) is 24.1 Å². The van der Waals surface area contributed by atoms with Crippen molar-refractivity contribution in [3.8, 4) is 0 Å². The topological polar surface area (TPSA) is 46.3 Å². The number of nitrogens with zero attached hydrogens (tertiary/aromatic N) is 1. The van der Waals surface area contributed by atoms with Gasteiger partial charge in [-0.05, 0) is 49.3 Å². The Morgan fingerprint density at radius 2 is 1.90 bits per heavy atom. The number of nitrogens with two attached hydrogens (primary N) is 1. The second-order valence-corrected chi connectivity index (χ2v) is 5.91. The van der Waals surface area contributed by atoms with Crippen LogP contribution in [0.5, 0.6) is 0 Å². The van der Waals surface area contributed by atoms with E-state index in [1.807, 2.05) is 4.90 Å². The molecule has 2 N–H and O–H groups in total. The average molecular weight is 299 g/mol. The lowest BCUT2D eigenvalue weighted by atomic mass is 10.1. The molecule has 0 aromatic heterocycles. The van der Waals surface area contributed by atoms with Gasteiger partial charge in [0.05, 0.1) is 5.54 Å². The smallest absolute Gasteiger partial charge is 0.242 e. The molecular weight excluding hydrogens is 279 g/mol. The Morgan fingerprint density at radius 1 is 1.30 bits per heavy atom. The second-order valence-electron chi connectivity index (χ2n) is 5.91. The first kappa shape index (κ1) is 15.3. The summed E-state index contributed by atoms with van der Waals surface area (Å²) in [7, 11) is 0. The van der Waals surface area contributed by atoms with Crippen molar-refractivity contribution < 1.29 is 9.18 Å². The molecule has 0 spiro atoms. The number of hydrogen-bond donors (Lipinski definition) is 1. The summed E-state index contributed by atoms with van der Waals surface area (Å²) in [5, 5.41) is 0. The third-order valence-corrected chi connectivity index (χ3v) is 3.96. The van der Waals surface area contributed by atoms with E-state index in [2.05, 4.69) is 0 Å². The fourth-order valence-corrected chi connectivity index (χ4v) is 2.30. The minimum absolute atomic E-state index is 0. The maximum Gasteiger partial charge on any atom is 0.242 e. The molecule has 0 bridgehead atoms. The Kier molecular flexibility index (Phi) is 4.35. The van der Waals surface area contributed by atoms with E-state index in [1.54, 1.807) is 12.1 Å². The predicted molar refractivity (Wildman–Crippen MR) is 77.9 cm³/mol. The van der Waals surface area contributed by atoms with Crippen LogP contribution in [0.1, 0.15) is 31.2 Å². The van der Waals surface area contributed by atoms with Crippen molar-refractivity contribution in [2.75, 3.05) is 6.54 Å². The van der Waals surface area contributed by atoms with Gasteiger partial charge in [-0.25, -0.2) is 4.39 Å². The van der Waals surface area contributed by atoms with Crippen LogP contribution in [0, 0.1) is 11.7 Å². The maximum absolute atomic E-state index is 12.9. The Labute approximate surface area is 124 Å². The number of benzene rings is 1. The fraction of sp³-hybridized carbons (Fsp3) is 0.533. The third kappa shape index (κ3) is 3.49. The largest absolute Gasteiger partial charge is 0.336 e. The van der Waals surface area contributed by atoms with E-state index in [9.17, 15) is 9.18 Å². The van der Waals surface area contributed by atoms with Crippen LogP contribution in [0.3, 0.4) is 0 Å². The zero-order valence-electron chi connectivity index (χ0n) is 11.3. The summed E-state index contributed by atoms with van der Waals surface area (Å²) in [6.07, 6.45) is 3.97. The van der Waals surface area contributed by atoms with Crippen molar-refractivity contribution >= 4 is 18.3 Å². The van der Waals surface area contributed by atoms with Crippen molar-refractivity contribution in [2.24, 2.45) is 11.7 Å². The minimum atomic E-state index is -0.616. The lowest BCUT2D eigenvalue weighted by Crippen LogP contribution is -2.46. The van der Waals surface area contributed by atoms with Crippen LogP contribution in [-0.4, -0.2) is 22.9 Å². The van der Waals surface area contributed by atoms with Crippen LogP contribution in [0.2, 0.25) is 0 Å². The van der Waals surface area contributed by atoms with Crippen molar-refractivity contribution in [2.45, 2.75) is 37.8 Å². The molecule has 2 aliphatic rings. The standard InChI is InChI=1S/C15H19FN2O.ClH/c16-13-5-3-12(4-6-13)10-18(9-11-1-2-11)14(19)15(17)7-8-15;/h3-6,11H,1-2,7-10,17H2;1H. The first-order valence-corrected chi connectivity index (χ1v) is 6.89. The molecule has 0 unspecified atom stereocenters. The van der Waals surface area contributed by atoms with Crippen LogP contribution in [0.4, 0.5) is 4.39 Å². The lowest BCUT2D eigenvalue weighted by molar-refractivity contribution is -0.134. The van der Waals surface area contributed by atoms with Gasteiger partial charge in [-0.2, -0.15) is 0 Å². The Hall–Kier alpha value is -1.13. The highest BCUT2D eigenvalue weighted by molar-refractivity contribution is 5.89. The first-order valence-electron chi connectivity index (χ1n) is 6.89. The normalized spacial score (nSPS) is 19.1. The molecule has 0 atom stereocenters. The van der Waals surface area contributed by atoms with Crippen molar-refractivity contribution in [3.05, 3.63) is 35.6 Å². The number of hydrogen-bond acceptors (Lipinski definition) is 2. The number of carbonyl (C=O) groups excluding carboxylic acids is 1. The molecule has 1 aromatic carbocycles. The van der Waals surface area contributed by atoms with Gasteiger partial charge < -0.3 is 10.6 Å². The molecule has 110 valence electrons. The van der Waals surface area contributed by atoms with Crippen molar-refractivity contribution in [1.29, 1.82) is 0 Å². The molecule has 1 amide bonds. The van der Waals surface area contributed by atoms with Gasteiger partial charge in [0.15, 0.2) is 0 Å². The molecule has 0 heterocycles. The molecule has 5 heteroatoms. The van der Waals surface area contributed by atoms with Crippen LogP contribution >= 0.6 is 12.4 Å². The molecule has 0 aliphatic heterocycles. The fourth-order valence-electron chi connectivity index (χ4n) is 2.30. The van der Waals surface area contributed by atoms with Gasteiger partial charge in [-0.1, -0.05) is 12.1 Å². The summed E-state index contributed by atoms with van der Waals surface area (Å²) >= 11 is 0. The van der Waals surface area contributed by atoms with Gasteiger partial charge in [-0.3, -0.25) is 4.79 Å². The molecule has 2 saturated carbocycles.